The molecule has 18 nitrogen and oxygen atoms in total. The number of carbonyl (C=O) groups is 3. The molecule has 3 aromatic carbocycles. The maximum absolute atomic E-state index is 13.6. The van der Waals surface area contributed by atoms with E-state index in [4.69, 9.17) is 41.4 Å². The number of carbonyl (C=O) groups excluding carboxylic acids is 3. The first kappa shape index (κ1) is 45.3. The number of aromatic nitrogens is 8. The summed E-state index contributed by atoms with van der Waals surface area (Å²) in [6.07, 6.45) is 5.76. The first-order chi connectivity index (χ1) is 29.8. The Morgan fingerprint density at radius 3 is 1.57 bits per heavy atom. The SMILES string of the molecule is CC[C@H]1O[C@@H](n2cnc3c(N(C(=O)c4ccccc4)C(=O)c4ccccc4)ncnc32)[C@H]2O[C@H]21.Nc1ncnc2c1ncn2[C@@H]1O[C@H](CO)[C@@H]2O[C@@H]21.O=C(Cl)c1ccccc1.[PH-2].[PH2-]. The third-order valence-corrected chi connectivity index (χ3v) is 10.8. The Labute approximate surface area is 371 Å². The number of benzene rings is 3. The Morgan fingerprint density at radius 1 is 0.651 bits per heavy atom. The van der Waals surface area contributed by atoms with Crippen LogP contribution in [0.4, 0.5) is 11.6 Å². The molecule has 4 aromatic heterocycles. The van der Waals surface area contributed by atoms with E-state index in [0.29, 0.717) is 44.8 Å². The van der Waals surface area contributed by atoms with Crippen molar-refractivity contribution in [1.29, 1.82) is 0 Å². The van der Waals surface area contributed by atoms with E-state index in [0.717, 1.165) is 11.3 Å². The first-order valence-electron chi connectivity index (χ1n) is 19.3. The highest BCUT2D eigenvalue weighted by atomic mass is 35.5. The number of aliphatic hydroxyl groups excluding tert-OH is 1. The minimum atomic E-state index is -0.502. The van der Waals surface area contributed by atoms with Crippen molar-refractivity contribution in [1.82, 2.24) is 39.0 Å². The highest BCUT2D eigenvalue weighted by Crippen LogP contribution is 2.47. The average Bonchev–Trinajstić information content (AvgIpc) is 4.05. The standard InChI is InChI=1S/C25H21N5O4.C10H11N5O3.C7H5ClO.H2P.HP/c1-2-17-19-20(34-19)25(33-17)29-14-28-18-21(29)26-13-27-22(18)30(23(31)15-9-5-3-6-10-15)24(32)16-11-7-4-8-12-16;11-8-5-9(13-2-12-8)15(3-14-5)10-7-6(18-7)4(1-16)17-10;8-7(9)6-4-2-1-3-5-6;;/h3-14,17,19-20,25H,2H2,1H3;2-4,6-7,10,16H,1H2,(H2,11,12,13);1-5H;1H2;1H/q;;;-1;-2/t17-,19+,20+,25-;4-,6+,7+,10-;;;/m11.../s1. The molecular formula is C42H40ClN10O8P2-3. The fraction of sp³-hybridized carbons (Fsp3) is 0.262. The van der Waals surface area contributed by atoms with E-state index in [1.165, 1.54) is 12.7 Å². The van der Waals surface area contributed by atoms with Crippen LogP contribution in [0.25, 0.3) is 22.3 Å². The summed E-state index contributed by atoms with van der Waals surface area (Å²) >= 11 is 5.16. The van der Waals surface area contributed by atoms with Crippen LogP contribution in [0.3, 0.4) is 0 Å². The maximum Gasteiger partial charge on any atom is 0.266 e. The van der Waals surface area contributed by atoms with Crippen molar-refractivity contribution in [2.24, 2.45) is 0 Å². The minimum absolute atomic E-state index is 0. The average molecular weight is 910 g/mol. The van der Waals surface area contributed by atoms with Crippen LogP contribution in [0.5, 0.6) is 0 Å². The van der Waals surface area contributed by atoms with Crippen molar-refractivity contribution >= 4 is 82.4 Å². The summed E-state index contributed by atoms with van der Waals surface area (Å²) in [7, 11) is 0. The molecule has 0 radical (unpaired) electrons. The van der Waals surface area contributed by atoms with Crippen LogP contribution in [0.1, 0.15) is 56.9 Å². The fourth-order valence-corrected chi connectivity index (χ4v) is 7.57. The van der Waals surface area contributed by atoms with Crippen LogP contribution < -0.4 is 10.6 Å². The van der Waals surface area contributed by atoms with Gasteiger partial charge in [-0.1, -0.05) is 73.7 Å². The number of nitrogens with two attached hydrogens (primary N) is 1. The Hall–Kier alpha value is -5.68. The lowest BCUT2D eigenvalue weighted by Gasteiger charge is -2.21. The number of anilines is 2. The summed E-state index contributed by atoms with van der Waals surface area (Å²) in [6.45, 7) is 2.00. The van der Waals surface area contributed by atoms with Gasteiger partial charge in [0.25, 0.3) is 17.1 Å². The maximum atomic E-state index is 13.6. The number of fused-ring (bicyclic) bond motifs is 4. The smallest absolute Gasteiger partial charge is 0.266 e. The van der Waals surface area contributed by atoms with Gasteiger partial charge in [-0.25, -0.2) is 34.8 Å². The quantitative estimate of drug-likeness (QED) is 0.0837. The van der Waals surface area contributed by atoms with Crippen molar-refractivity contribution in [2.75, 3.05) is 17.2 Å². The number of halogens is 1. The third kappa shape index (κ3) is 8.94. The van der Waals surface area contributed by atoms with E-state index in [1.54, 1.807) is 94.6 Å². The monoisotopic (exact) mass is 909 g/mol. The van der Waals surface area contributed by atoms with E-state index >= 15 is 0 Å². The molecule has 0 aliphatic carbocycles. The topological polar surface area (TPSA) is 231 Å². The van der Waals surface area contributed by atoms with Gasteiger partial charge in [-0.05, 0) is 42.3 Å². The van der Waals surface area contributed by atoms with Crippen molar-refractivity contribution in [3.05, 3.63) is 133 Å². The number of hydrogen-bond donors (Lipinski definition) is 2. The zero-order chi connectivity index (χ0) is 42.2. The summed E-state index contributed by atoms with van der Waals surface area (Å²) < 4.78 is 26.7. The van der Waals surface area contributed by atoms with Crippen molar-refractivity contribution in [3.63, 3.8) is 0 Å². The molecule has 8 heterocycles. The van der Waals surface area contributed by atoms with E-state index in [1.807, 2.05) is 18.2 Å². The van der Waals surface area contributed by atoms with Gasteiger partial charge in [0.05, 0.1) is 25.4 Å². The van der Waals surface area contributed by atoms with Gasteiger partial charge in [0.15, 0.2) is 40.9 Å². The molecule has 0 saturated carbocycles. The largest absolute Gasteiger partial charge is 1.51 e. The molecular weight excluding hydrogens is 870 g/mol. The molecule has 8 atom stereocenters. The van der Waals surface area contributed by atoms with Crippen molar-refractivity contribution < 1.29 is 38.4 Å². The second kappa shape index (κ2) is 19.4. The van der Waals surface area contributed by atoms with Crippen LogP contribution in [-0.4, -0.2) is 104 Å². The summed E-state index contributed by atoms with van der Waals surface area (Å²) in [5.74, 6) is -0.552. The molecule has 4 fully saturated rings. The van der Waals surface area contributed by atoms with Gasteiger partial charge in [-0.3, -0.25) is 23.5 Å². The number of nitrogen functional groups attached to an aromatic ring is 1. The molecule has 11 rings (SSSR count). The number of nitrogens with zero attached hydrogens (tertiary/aromatic N) is 9. The summed E-state index contributed by atoms with van der Waals surface area (Å²) in [4.78, 5) is 64.1. The zero-order valence-corrected chi connectivity index (χ0v) is 36.3. The molecule has 326 valence electrons. The molecule has 21 heteroatoms. The van der Waals surface area contributed by atoms with Gasteiger partial charge in [-0.2, -0.15) is 0 Å². The van der Waals surface area contributed by atoms with Gasteiger partial charge in [-0.15, -0.1) is 0 Å². The Balaban J connectivity index is 0.000000171. The molecule has 4 saturated heterocycles. The number of rotatable bonds is 8. The first-order valence-corrected chi connectivity index (χ1v) is 19.7. The van der Waals surface area contributed by atoms with Gasteiger partial charge < -0.3 is 49.6 Å². The number of hydrogen-bond acceptors (Lipinski definition) is 15. The molecule has 0 bridgehead atoms. The zero-order valence-electron chi connectivity index (χ0n) is 33.4. The normalized spacial score (nSPS) is 23.3. The van der Waals surface area contributed by atoms with Crippen LogP contribution in [0.2, 0.25) is 0 Å². The summed E-state index contributed by atoms with van der Waals surface area (Å²) in [6, 6.07) is 26.0. The second-order valence-electron chi connectivity index (χ2n) is 14.3. The van der Waals surface area contributed by atoms with Gasteiger partial charge in [0.1, 0.15) is 48.7 Å². The Morgan fingerprint density at radius 2 is 1.11 bits per heavy atom. The molecule has 3 N–H and O–H groups in total. The van der Waals surface area contributed by atoms with E-state index < -0.39 is 17.1 Å². The summed E-state index contributed by atoms with van der Waals surface area (Å²) in [5.41, 5.74) is 8.94. The van der Waals surface area contributed by atoms with E-state index in [9.17, 15) is 14.4 Å². The lowest BCUT2D eigenvalue weighted by atomic mass is 10.1. The minimum Gasteiger partial charge on any atom is -1.51 e. The van der Waals surface area contributed by atoms with Crippen LogP contribution in [0, 0.1) is 0 Å². The highest BCUT2D eigenvalue weighted by Gasteiger charge is 2.59. The number of ether oxygens (including phenoxy) is 4. The number of imidazole rings is 2. The Bertz CT molecular complexity index is 2670. The number of epoxide rings is 2. The predicted octanol–water partition coefficient (Wildman–Crippen LogP) is 5.44. The van der Waals surface area contributed by atoms with E-state index in [-0.39, 0.29) is 81.3 Å². The van der Waals surface area contributed by atoms with E-state index in [2.05, 4.69) is 36.8 Å². The van der Waals surface area contributed by atoms with Gasteiger partial charge >= 0.3 is 0 Å². The molecule has 63 heavy (non-hydrogen) atoms. The third-order valence-electron chi connectivity index (χ3n) is 10.6. The number of amides is 2. The molecule has 7 aromatic rings. The molecule has 0 spiro atoms. The van der Waals surface area contributed by atoms with Crippen molar-refractivity contribution in [2.45, 2.75) is 62.4 Å². The number of imide groups is 1. The molecule has 4 aliphatic heterocycles. The second-order valence-corrected chi connectivity index (χ2v) is 14.6. The van der Waals surface area contributed by atoms with Gasteiger partial charge in [0.2, 0.25) is 0 Å². The lowest BCUT2D eigenvalue weighted by Crippen LogP contribution is -2.38. The fourth-order valence-electron chi connectivity index (χ4n) is 7.44. The highest BCUT2D eigenvalue weighted by molar-refractivity contribution is 6.92. The molecule has 0 unspecified atom stereocenters. The van der Waals surface area contributed by atoms with Crippen molar-refractivity contribution in [3.8, 4) is 0 Å². The molecule has 4 aliphatic rings. The predicted molar refractivity (Wildman–Crippen MR) is 236 cm³/mol. The Kier molecular flexibility index (Phi) is 13.9. The molecule has 2 amide bonds. The lowest BCUT2D eigenvalue weighted by molar-refractivity contribution is -0.0823. The van der Waals surface area contributed by atoms with Crippen LogP contribution in [-0.2, 0) is 18.9 Å². The number of aliphatic hydroxyl groups is 1. The van der Waals surface area contributed by atoms with Crippen LogP contribution in [0.15, 0.2) is 116 Å². The summed E-state index contributed by atoms with van der Waals surface area (Å²) in [5, 5.41) is 8.75. The van der Waals surface area contributed by atoms with Crippen LogP contribution >= 0.6 is 31.4 Å². The van der Waals surface area contributed by atoms with Gasteiger partial charge in [0, 0.05) is 16.7 Å².